The molecular formula is C19H19ClN2O6. The number of hydrogen-bond donors (Lipinski definition) is 1. The lowest BCUT2D eigenvalue weighted by Crippen LogP contribution is -2.29. The van der Waals surface area contributed by atoms with E-state index in [2.05, 4.69) is 10.5 Å². The van der Waals surface area contributed by atoms with E-state index >= 15 is 0 Å². The van der Waals surface area contributed by atoms with E-state index in [0.717, 1.165) is 6.42 Å². The Bertz CT molecular complexity index is 908. The molecule has 1 aromatic heterocycles. The van der Waals surface area contributed by atoms with Gasteiger partial charge in [-0.3, -0.25) is 4.79 Å². The lowest BCUT2D eigenvalue weighted by atomic mass is 10.2. The van der Waals surface area contributed by atoms with E-state index in [1.165, 1.54) is 19.1 Å². The molecule has 1 aromatic carbocycles. The Morgan fingerprint density at radius 2 is 2.07 bits per heavy atom. The molecule has 0 fully saturated rings. The minimum Gasteiger partial charge on any atom is -0.489 e. The van der Waals surface area contributed by atoms with Crippen molar-refractivity contribution >= 4 is 35.4 Å². The van der Waals surface area contributed by atoms with Crippen molar-refractivity contribution < 1.29 is 28.3 Å². The molecule has 148 valence electrons. The maximum Gasteiger partial charge on any atom is 0.331 e. The number of carbonyl (C=O) groups is 2. The Morgan fingerprint density at radius 3 is 2.82 bits per heavy atom. The molecule has 0 saturated carbocycles. The number of anilines is 1. The predicted molar refractivity (Wildman–Crippen MR) is 102 cm³/mol. The van der Waals surface area contributed by atoms with Crippen LogP contribution in [0.5, 0.6) is 11.5 Å². The number of esters is 1. The molecule has 1 atom stereocenters. The molecule has 8 nitrogen and oxygen atoms in total. The van der Waals surface area contributed by atoms with Crippen LogP contribution in [-0.4, -0.2) is 36.4 Å². The Morgan fingerprint density at radius 1 is 1.29 bits per heavy atom. The highest BCUT2D eigenvalue weighted by Crippen LogP contribution is 2.38. The molecule has 0 bridgehead atoms. The molecule has 3 rings (SSSR count). The maximum atomic E-state index is 12.0. The number of aryl methyl sites for hydroxylation is 1. The molecule has 0 aliphatic carbocycles. The number of fused-ring (bicyclic) bond motifs is 1. The first-order valence-electron chi connectivity index (χ1n) is 8.64. The zero-order chi connectivity index (χ0) is 20.1. The van der Waals surface area contributed by atoms with Gasteiger partial charge < -0.3 is 24.1 Å². The zero-order valence-electron chi connectivity index (χ0n) is 15.4. The summed E-state index contributed by atoms with van der Waals surface area (Å²) >= 11 is 6.22. The van der Waals surface area contributed by atoms with Gasteiger partial charge in [0, 0.05) is 18.6 Å². The van der Waals surface area contributed by atoms with E-state index in [4.69, 9.17) is 30.3 Å². The monoisotopic (exact) mass is 406 g/mol. The van der Waals surface area contributed by atoms with Crippen LogP contribution in [0.2, 0.25) is 5.02 Å². The smallest absolute Gasteiger partial charge is 0.331 e. The van der Waals surface area contributed by atoms with Crippen molar-refractivity contribution in [1.82, 2.24) is 5.16 Å². The fourth-order valence-electron chi connectivity index (χ4n) is 2.43. The Hall–Kier alpha value is -3.00. The lowest BCUT2D eigenvalue weighted by molar-refractivity contribution is -0.148. The summed E-state index contributed by atoms with van der Waals surface area (Å²) in [6, 6.07) is 4.93. The normalized spacial score (nSPS) is 14.4. The number of rotatable bonds is 5. The number of carbonyl (C=O) groups excluding carboxylic acids is 2. The molecule has 1 amide bonds. The highest BCUT2D eigenvalue weighted by atomic mass is 35.5. The fourth-order valence-corrected chi connectivity index (χ4v) is 2.71. The predicted octanol–water partition coefficient (Wildman–Crippen LogP) is 3.38. The molecule has 0 spiro atoms. The van der Waals surface area contributed by atoms with Crippen molar-refractivity contribution in [3.63, 3.8) is 0 Å². The number of nitrogens with zero attached hydrogens (tertiary/aromatic N) is 1. The van der Waals surface area contributed by atoms with Crippen LogP contribution in [0.25, 0.3) is 6.08 Å². The molecule has 1 aliphatic heterocycles. The average molecular weight is 407 g/mol. The number of benzene rings is 1. The fraction of sp³-hybridized carbons (Fsp3) is 0.316. The van der Waals surface area contributed by atoms with Gasteiger partial charge in [0.25, 0.3) is 5.91 Å². The number of hydrogen-bond acceptors (Lipinski definition) is 7. The van der Waals surface area contributed by atoms with Gasteiger partial charge in [-0.15, -0.1) is 0 Å². The van der Waals surface area contributed by atoms with Crippen LogP contribution >= 0.6 is 11.6 Å². The number of aromatic nitrogens is 1. The first kappa shape index (κ1) is 19.8. The van der Waals surface area contributed by atoms with Crippen LogP contribution in [0.1, 0.15) is 24.7 Å². The zero-order valence-corrected chi connectivity index (χ0v) is 16.1. The third kappa shape index (κ3) is 5.04. The summed E-state index contributed by atoms with van der Waals surface area (Å²) in [5.74, 6) is 0.622. The molecule has 0 radical (unpaired) electrons. The number of amides is 1. The molecule has 0 saturated heterocycles. The van der Waals surface area contributed by atoms with Crippen molar-refractivity contribution in [2.45, 2.75) is 26.4 Å². The summed E-state index contributed by atoms with van der Waals surface area (Å²) in [6.07, 6.45) is 2.48. The Kier molecular flexibility index (Phi) is 6.20. The number of halogens is 1. The van der Waals surface area contributed by atoms with Gasteiger partial charge in [0.1, 0.15) is 5.76 Å². The summed E-state index contributed by atoms with van der Waals surface area (Å²) in [4.78, 5) is 24.0. The van der Waals surface area contributed by atoms with Crippen molar-refractivity contribution in [2.75, 3.05) is 18.5 Å². The van der Waals surface area contributed by atoms with Gasteiger partial charge in [-0.2, -0.15) is 0 Å². The van der Waals surface area contributed by atoms with Gasteiger partial charge in [0.15, 0.2) is 23.4 Å². The SMILES string of the molecule is Cc1cc(NC(=O)[C@@H](C)OC(=O)/C=C/c2cc(Cl)c3c(c2)OCCCO3)no1. The van der Waals surface area contributed by atoms with Crippen LogP contribution in [0, 0.1) is 6.92 Å². The van der Waals surface area contributed by atoms with Crippen LogP contribution < -0.4 is 14.8 Å². The second kappa shape index (κ2) is 8.79. The molecule has 9 heteroatoms. The van der Waals surface area contributed by atoms with Crippen LogP contribution in [0.4, 0.5) is 5.82 Å². The summed E-state index contributed by atoms with van der Waals surface area (Å²) in [6.45, 7) is 4.21. The second-order valence-electron chi connectivity index (χ2n) is 6.10. The third-order valence-electron chi connectivity index (χ3n) is 3.78. The van der Waals surface area contributed by atoms with Crippen molar-refractivity contribution in [3.05, 3.63) is 40.6 Å². The quantitative estimate of drug-likeness (QED) is 0.600. The summed E-state index contributed by atoms with van der Waals surface area (Å²) < 4.78 is 21.1. The van der Waals surface area contributed by atoms with Crippen LogP contribution in [0.3, 0.4) is 0 Å². The van der Waals surface area contributed by atoms with Gasteiger partial charge in [0.2, 0.25) is 0 Å². The van der Waals surface area contributed by atoms with Crippen molar-refractivity contribution in [3.8, 4) is 11.5 Å². The summed E-state index contributed by atoms with van der Waals surface area (Å²) in [5.41, 5.74) is 0.640. The van der Waals surface area contributed by atoms with Gasteiger partial charge in [0.05, 0.1) is 18.2 Å². The summed E-state index contributed by atoms with van der Waals surface area (Å²) in [5, 5.41) is 6.54. The van der Waals surface area contributed by atoms with E-state index < -0.39 is 18.0 Å². The topological polar surface area (TPSA) is 99.9 Å². The lowest BCUT2D eigenvalue weighted by Gasteiger charge is -2.11. The summed E-state index contributed by atoms with van der Waals surface area (Å²) in [7, 11) is 0. The molecule has 1 aliphatic rings. The average Bonchev–Trinajstić information content (AvgIpc) is 2.91. The molecule has 1 N–H and O–H groups in total. The first-order chi connectivity index (χ1) is 13.4. The van der Waals surface area contributed by atoms with Gasteiger partial charge in [-0.25, -0.2) is 4.79 Å². The van der Waals surface area contributed by atoms with Gasteiger partial charge in [-0.05, 0) is 37.6 Å². The van der Waals surface area contributed by atoms with Gasteiger partial charge >= 0.3 is 5.97 Å². The second-order valence-corrected chi connectivity index (χ2v) is 6.51. The largest absolute Gasteiger partial charge is 0.489 e. The Balaban J connectivity index is 1.59. The number of nitrogens with one attached hydrogen (secondary N) is 1. The maximum absolute atomic E-state index is 12.0. The van der Waals surface area contributed by atoms with E-state index in [-0.39, 0.29) is 5.82 Å². The van der Waals surface area contributed by atoms with Crippen LogP contribution in [-0.2, 0) is 14.3 Å². The molecule has 2 heterocycles. The standard InChI is InChI=1S/C19H19ClN2O6/c1-11-8-16(22-28-11)21-19(24)12(2)27-17(23)5-4-13-9-14(20)18-15(10-13)25-6-3-7-26-18/h4-5,8-10,12H,3,6-7H2,1-2H3,(H,21,22,24)/b5-4+/t12-/m1/s1. The van der Waals surface area contributed by atoms with E-state index in [1.807, 2.05) is 0 Å². The van der Waals surface area contributed by atoms with E-state index in [0.29, 0.717) is 41.1 Å². The Labute approximate surface area is 166 Å². The van der Waals surface area contributed by atoms with Crippen molar-refractivity contribution in [2.24, 2.45) is 0 Å². The molecular weight excluding hydrogens is 388 g/mol. The molecule has 0 unspecified atom stereocenters. The van der Waals surface area contributed by atoms with Crippen LogP contribution in [0.15, 0.2) is 28.8 Å². The van der Waals surface area contributed by atoms with E-state index in [9.17, 15) is 9.59 Å². The minimum absolute atomic E-state index is 0.253. The van der Waals surface area contributed by atoms with Gasteiger partial charge in [-0.1, -0.05) is 16.8 Å². The molecule has 2 aromatic rings. The van der Waals surface area contributed by atoms with E-state index in [1.54, 1.807) is 25.1 Å². The number of ether oxygens (including phenoxy) is 3. The third-order valence-corrected chi connectivity index (χ3v) is 4.06. The minimum atomic E-state index is -1.01. The highest BCUT2D eigenvalue weighted by Gasteiger charge is 2.18. The first-order valence-corrected chi connectivity index (χ1v) is 9.02. The molecule has 28 heavy (non-hydrogen) atoms. The highest BCUT2D eigenvalue weighted by molar-refractivity contribution is 6.32. The van der Waals surface area contributed by atoms with Crippen molar-refractivity contribution in [1.29, 1.82) is 0 Å².